The molecule has 1 aromatic heterocycles. The lowest BCUT2D eigenvalue weighted by Gasteiger charge is -2.19. The number of carbonyl (C=O) groups is 1. The molecule has 0 unspecified atom stereocenters. The Morgan fingerprint density at radius 1 is 0.946 bits per heavy atom. The lowest BCUT2D eigenvalue weighted by atomic mass is 10.1. The number of carbonyl (C=O) groups excluding carboxylic acids is 1. The molecule has 0 saturated heterocycles. The second-order valence-corrected chi connectivity index (χ2v) is 9.74. The number of fused-ring (bicyclic) bond motifs is 1. The van der Waals surface area contributed by atoms with E-state index in [1.807, 2.05) is 0 Å². The quantitative estimate of drug-likeness (QED) is 0.308. The van der Waals surface area contributed by atoms with E-state index in [0.717, 1.165) is 10.1 Å². The summed E-state index contributed by atoms with van der Waals surface area (Å²) in [6.45, 7) is 5.42. The van der Waals surface area contributed by atoms with Crippen LogP contribution in [0.3, 0.4) is 0 Å². The summed E-state index contributed by atoms with van der Waals surface area (Å²) < 4.78 is 21.1. The molecule has 0 saturated carbocycles. The standard InChI is InChI=1S/C30H27FN2O4/c1-30(2,3)37-28(35)23-15-11-21(12-16-23)19-33-27(34)26-22(9-6-10-25(26)32(4)29(33)36)8-5-7-20-13-17-24(31)18-14-20/h6,9-18H,7,19H2,1-4H3. The Kier molecular flexibility index (Phi) is 7.12. The summed E-state index contributed by atoms with van der Waals surface area (Å²) in [5, 5.41) is 0.349. The molecule has 0 aliphatic carbocycles. The van der Waals surface area contributed by atoms with Gasteiger partial charge >= 0.3 is 11.7 Å². The zero-order chi connectivity index (χ0) is 26.7. The van der Waals surface area contributed by atoms with E-state index in [2.05, 4.69) is 11.8 Å². The Hall–Kier alpha value is -4.44. The minimum absolute atomic E-state index is 0.0351. The van der Waals surface area contributed by atoms with Crippen LogP contribution >= 0.6 is 0 Å². The van der Waals surface area contributed by atoms with Gasteiger partial charge < -0.3 is 4.74 Å². The molecule has 0 aliphatic rings. The lowest BCUT2D eigenvalue weighted by molar-refractivity contribution is 0.00695. The largest absolute Gasteiger partial charge is 0.456 e. The average Bonchev–Trinajstić information content (AvgIpc) is 2.85. The van der Waals surface area contributed by atoms with E-state index >= 15 is 0 Å². The first-order valence-corrected chi connectivity index (χ1v) is 11.8. The van der Waals surface area contributed by atoms with Crippen LogP contribution in [0.5, 0.6) is 0 Å². The van der Waals surface area contributed by atoms with Crippen molar-refractivity contribution < 1.29 is 13.9 Å². The minimum atomic E-state index is -0.611. The topological polar surface area (TPSA) is 70.3 Å². The fourth-order valence-corrected chi connectivity index (χ4v) is 3.90. The fourth-order valence-electron chi connectivity index (χ4n) is 3.90. The maximum atomic E-state index is 13.5. The molecule has 0 radical (unpaired) electrons. The maximum Gasteiger partial charge on any atom is 0.338 e. The monoisotopic (exact) mass is 498 g/mol. The predicted molar refractivity (Wildman–Crippen MR) is 141 cm³/mol. The number of nitrogens with zero attached hydrogens (tertiary/aromatic N) is 2. The molecule has 0 spiro atoms. The molecule has 0 fully saturated rings. The zero-order valence-electron chi connectivity index (χ0n) is 21.2. The van der Waals surface area contributed by atoms with Gasteiger partial charge in [-0.05, 0) is 68.3 Å². The third-order valence-electron chi connectivity index (χ3n) is 5.74. The number of rotatable bonds is 4. The molecule has 37 heavy (non-hydrogen) atoms. The maximum absolute atomic E-state index is 13.5. The molecule has 188 valence electrons. The SMILES string of the molecule is Cn1c(=O)n(Cc2ccc(C(=O)OC(C)(C)C)cc2)c(=O)c2c(C#CCc3ccc(F)cc3)cccc21. The van der Waals surface area contributed by atoms with E-state index in [-0.39, 0.29) is 12.4 Å². The molecular weight excluding hydrogens is 471 g/mol. The minimum Gasteiger partial charge on any atom is -0.456 e. The molecule has 4 rings (SSSR count). The van der Waals surface area contributed by atoms with Crippen molar-refractivity contribution in [3.05, 3.63) is 116 Å². The van der Waals surface area contributed by atoms with Gasteiger partial charge in [0.25, 0.3) is 5.56 Å². The van der Waals surface area contributed by atoms with Crippen molar-refractivity contribution in [2.75, 3.05) is 0 Å². The molecule has 1 heterocycles. The van der Waals surface area contributed by atoms with Crippen LogP contribution < -0.4 is 11.2 Å². The van der Waals surface area contributed by atoms with Gasteiger partial charge in [0.1, 0.15) is 11.4 Å². The molecule has 0 atom stereocenters. The number of halogens is 1. The number of aryl methyl sites for hydroxylation is 1. The Balaban J connectivity index is 1.68. The van der Waals surface area contributed by atoms with Gasteiger partial charge in [-0.2, -0.15) is 0 Å². The Morgan fingerprint density at radius 2 is 1.59 bits per heavy atom. The van der Waals surface area contributed by atoms with E-state index in [1.165, 1.54) is 16.7 Å². The fraction of sp³-hybridized carbons (Fsp3) is 0.233. The van der Waals surface area contributed by atoms with E-state index in [4.69, 9.17) is 4.74 Å². The summed E-state index contributed by atoms with van der Waals surface area (Å²) in [6, 6.07) is 17.9. The van der Waals surface area contributed by atoms with Gasteiger partial charge in [-0.3, -0.25) is 13.9 Å². The smallest absolute Gasteiger partial charge is 0.338 e. The van der Waals surface area contributed by atoms with Crippen LogP contribution in [0, 0.1) is 17.7 Å². The summed E-state index contributed by atoms with van der Waals surface area (Å²) in [7, 11) is 1.61. The van der Waals surface area contributed by atoms with Gasteiger partial charge in [-0.15, -0.1) is 0 Å². The van der Waals surface area contributed by atoms with Gasteiger partial charge in [-0.1, -0.05) is 42.2 Å². The summed E-state index contributed by atoms with van der Waals surface area (Å²) in [5.41, 5.74) is 1.41. The number of ether oxygens (including phenoxy) is 1. The van der Waals surface area contributed by atoms with Gasteiger partial charge in [0.2, 0.25) is 0 Å². The first-order valence-electron chi connectivity index (χ1n) is 11.8. The van der Waals surface area contributed by atoms with Crippen LogP contribution in [0.4, 0.5) is 4.39 Å². The summed E-state index contributed by atoms with van der Waals surface area (Å²) in [5.74, 6) is 5.33. The molecular formula is C30H27FN2O4. The van der Waals surface area contributed by atoms with Crippen LogP contribution in [0.1, 0.15) is 47.8 Å². The second kappa shape index (κ2) is 10.3. The number of aromatic nitrogens is 2. The first kappa shape index (κ1) is 25.6. The van der Waals surface area contributed by atoms with Crippen molar-refractivity contribution in [3.8, 4) is 11.8 Å². The molecule has 0 aliphatic heterocycles. The summed E-state index contributed by atoms with van der Waals surface area (Å²) in [6.07, 6.45) is 0.390. The van der Waals surface area contributed by atoms with Gasteiger partial charge in [-0.25, -0.2) is 14.0 Å². The molecule has 0 bridgehead atoms. The van der Waals surface area contributed by atoms with Crippen LogP contribution in [-0.4, -0.2) is 20.7 Å². The summed E-state index contributed by atoms with van der Waals surface area (Å²) in [4.78, 5) is 38.9. The van der Waals surface area contributed by atoms with Crippen molar-refractivity contribution >= 4 is 16.9 Å². The normalized spacial score (nSPS) is 11.2. The van der Waals surface area contributed by atoms with Gasteiger partial charge in [0.15, 0.2) is 0 Å². The predicted octanol–water partition coefficient (Wildman–Crippen LogP) is 4.44. The highest BCUT2D eigenvalue weighted by atomic mass is 19.1. The molecule has 0 N–H and O–H groups in total. The van der Waals surface area contributed by atoms with Crippen LogP contribution in [0.2, 0.25) is 0 Å². The lowest BCUT2D eigenvalue weighted by Crippen LogP contribution is -2.39. The highest BCUT2D eigenvalue weighted by molar-refractivity contribution is 5.89. The number of hydrogen-bond donors (Lipinski definition) is 0. The Bertz CT molecular complexity index is 1650. The van der Waals surface area contributed by atoms with Crippen molar-refractivity contribution in [1.82, 2.24) is 9.13 Å². The summed E-state index contributed by atoms with van der Waals surface area (Å²) >= 11 is 0. The van der Waals surface area contributed by atoms with Crippen LogP contribution in [-0.2, 0) is 24.8 Å². The van der Waals surface area contributed by atoms with Crippen molar-refractivity contribution in [3.63, 3.8) is 0 Å². The molecule has 3 aromatic carbocycles. The Morgan fingerprint density at radius 3 is 2.24 bits per heavy atom. The van der Waals surface area contributed by atoms with E-state index < -0.39 is 22.8 Å². The van der Waals surface area contributed by atoms with Gasteiger partial charge in [0.05, 0.1) is 23.0 Å². The molecule has 6 nitrogen and oxygen atoms in total. The Labute approximate surface area is 213 Å². The number of hydrogen-bond acceptors (Lipinski definition) is 4. The second-order valence-electron chi connectivity index (χ2n) is 9.74. The zero-order valence-corrected chi connectivity index (χ0v) is 21.2. The third-order valence-corrected chi connectivity index (χ3v) is 5.74. The van der Waals surface area contributed by atoms with Crippen LogP contribution in [0.15, 0.2) is 76.3 Å². The first-order chi connectivity index (χ1) is 17.5. The van der Waals surface area contributed by atoms with Crippen molar-refractivity contribution in [2.45, 2.75) is 39.3 Å². The van der Waals surface area contributed by atoms with Crippen molar-refractivity contribution in [1.29, 1.82) is 0 Å². The number of benzene rings is 3. The highest BCUT2D eigenvalue weighted by Crippen LogP contribution is 2.15. The van der Waals surface area contributed by atoms with Gasteiger partial charge in [0, 0.05) is 19.0 Å². The van der Waals surface area contributed by atoms with Crippen LogP contribution in [0.25, 0.3) is 10.9 Å². The third kappa shape index (κ3) is 5.87. The molecule has 7 heteroatoms. The van der Waals surface area contributed by atoms with E-state index in [9.17, 15) is 18.8 Å². The number of esters is 1. The highest BCUT2D eigenvalue weighted by Gasteiger charge is 2.18. The molecule has 0 amide bonds. The van der Waals surface area contributed by atoms with E-state index in [0.29, 0.717) is 34.0 Å². The average molecular weight is 499 g/mol. The van der Waals surface area contributed by atoms with Crippen molar-refractivity contribution in [2.24, 2.45) is 7.05 Å². The van der Waals surface area contributed by atoms with E-state index in [1.54, 1.807) is 82.4 Å². The molecule has 4 aromatic rings.